The van der Waals surface area contributed by atoms with Crippen molar-refractivity contribution in [2.45, 2.75) is 26.0 Å². The van der Waals surface area contributed by atoms with Crippen LogP contribution in [0.2, 0.25) is 0 Å². The van der Waals surface area contributed by atoms with E-state index in [-0.39, 0.29) is 0 Å². The van der Waals surface area contributed by atoms with Crippen LogP contribution in [0.1, 0.15) is 25.8 Å². The summed E-state index contributed by atoms with van der Waals surface area (Å²) in [5.74, 6) is 0.813. The molecule has 0 aliphatic rings. The maximum absolute atomic E-state index is 4.18. The van der Waals surface area contributed by atoms with Gasteiger partial charge >= 0.3 is 0 Å². The van der Waals surface area contributed by atoms with Gasteiger partial charge in [0.25, 0.3) is 0 Å². The van der Waals surface area contributed by atoms with Crippen molar-refractivity contribution < 1.29 is 0 Å². The number of hydrogen-bond acceptors (Lipinski definition) is 2. The summed E-state index contributed by atoms with van der Waals surface area (Å²) >= 11 is 4.18. The lowest BCUT2D eigenvalue weighted by molar-refractivity contribution is 1.09. The molecule has 0 saturated carbocycles. The summed E-state index contributed by atoms with van der Waals surface area (Å²) < 4.78 is 0. The van der Waals surface area contributed by atoms with Crippen LogP contribution in [0.25, 0.3) is 0 Å². The zero-order valence-electron chi connectivity index (χ0n) is 9.62. The molecule has 0 N–H and O–H groups in total. The fourth-order valence-corrected chi connectivity index (χ4v) is 1.11. The molecule has 2 heteroatoms. The molecule has 0 aromatic heterocycles. The molecule has 0 amide bonds. The van der Waals surface area contributed by atoms with E-state index in [9.17, 15) is 0 Å². The minimum Gasteiger partial charge on any atom is -0.378 e. The molecule has 0 radical (unpaired) electrons. The van der Waals surface area contributed by atoms with Gasteiger partial charge in [0.15, 0.2) is 0 Å². The van der Waals surface area contributed by atoms with Crippen LogP contribution in [0.5, 0.6) is 0 Å². The first-order valence-electron chi connectivity index (χ1n) is 5.02. The van der Waals surface area contributed by atoms with Crippen LogP contribution in [0, 0.1) is 0 Å². The van der Waals surface area contributed by atoms with Crippen molar-refractivity contribution in [1.29, 1.82) is 0 Å². The van der Waals surface area contributed by atoms with Crippen molar-refractivity contribution in [3.05, 3.63) is 29.8 Å². The van der Waals surface area contributed by atoms with Crippen LogP contribution >= 0.6 is 12.6 Å². The minimum atomic E-state index is 0.813. The van der Waals surface area contributed by atoms with Gasteiger partial charge in [0.2, 0.25) is 0 Å². The predicted molar refractivity (Wildman–Crippen MR) is 69.4 cm³/mol. The predicted octanol–water partition coefficient (Wildman–Crippen LogP) is 3.60. The highest BCUT2D eigenvalue weighted by Crippen LogP contribution is 2.12. The summed E-state index contributed by atoms with van der Waals surface area (Å²) in [6.07, 6.45) is 1.25. The molecule has 0 unspecified atom stereocenters. The summed E-state index contributed by atoms with van der Waals surface area (Å²) in [7, 11) is 4.07. The summed E-state index contributed by atoms with van der Waals surface area (Å²) in [6, 6.07) is 8.40. The van der Waals surface area contributed by atoms with Gasteiger partial charge in [-0.2, -0.15) is 12.6 Å². The zero-order chi connectivity index (χ0) is 11.0. The lowest BCUT2D eigenvalue weighted by Gasteiger charge is -2.11. The third-order valence-corrected chi connectivity index (χ3v) is 2.00. The Bertz CT molecular complexity index is 229. The molecule has 0 aliphatic carbocycles. The molecule has 0 spiro atoms. The van der Waals surface area contributed by atoms with E-state index in [1.807, 2.05) is 14.1 Å². The Morgan fingerprint density at radius 2 is 1.50 bits per heavy atom. The van der Waals surface area contributed by atoms with E-state index in [1.54, 1.807) is 0 Å². The maximum Gasteiger partial charge on any atom is 0.0361 e. The minimum absolute atomic E-state index is 0.813. The highest BCUT2D eigenvalue weighted by molar-refractivity contribution is 7.79. The average molecular weight is 211 g/mol. The number of anilines is 1. The van der Waals surface area contributed by atoms with E-state index in [0.717, 1.165) is 5.75 Å². The van der Waals surface area contributed by atoms with Gasteiger partial charge in [0.1, 0.15) is 0 Å². The lowest BCUT2D eigenvalue weighted by Crippen LogP contribution is -2.07. The average Bonchev–Trinajstić information content (AvgIpc) is 2.19. The normalized spacial score (nSPS) is 8.93. The van der Waals surface area contributed by atoms with Crippen LogP contribution < -0.4 is 4.90 Å². The highest BCUT2D eigenvalue weighted by atomic mass is 32.1. The Hall–Kier alpha value is -0.630. The van der Waals surface area contributed by atoms with E-state index in [0.29, 0.717) is 0 Å². The van der Waals surface area contributed by atoms with Crippen LogP contribution in [-0.4, -0.2) is 14.1 Å². The summed E-state index contributed by atoms with van der Waals surface area (Å²) in [6.45, 7) is 4.25. The van der Waals surface area contributed by atoms with E-state index in [2.05, 4.69) is 55.6 Å². The van der Waals surface area contributed by atoms with Crippen molar-refractivity contribution >= 4 is 18.3 Å². The fourth-order valence-electron chi connectivity index (χ4n) is 0.899. The second kappa shape index (κ2) is 7.74. The van der Waals surface area contributed by atoms with Crippen molar-refractivity contribution in [3.63, 3.8) is 0 Å². The number of thiol groups is 1. The smallest absolute Gasteiger partial charge is 0.0361 e. The third-order valence-electron chi connectivity index (χ3n) is 1.64. The molecule has 1 aromatic carbocycles. The first kappa shape index (κ1) is 13.4. The topological polar surface area (TPSA) is 3.24 Å². The third kappa shape index (κ3) is 5.18. The molecule has 14 heavy (non-hydrogen) atoms. The van der Waals surface area contributed by atoms with Gasteiger partial charge in [-0.25, -0.2) is 0 Å². The van der Waals surface area contributed by atoms with Crippen LogP contribution in [-0.2, 0) is 5.75 Å². The van der Waals surface area contributed by atoms with Crippen LogP contribution in [0.15, 0.2) is 24.3 Å². The summed E-state index contributed by atoms with van der Waals surface area (Å²) in [4.78, 5) is 2.09. The van der Waals surface area contributed by atoms with Crippen LogP contribution in [0.3, 0.4) is 0 Å². The number of nitrogens with zero attached hydrogens (tertiary/aromatic N) is 1. The molecule has 1 rings (SSSR count). The van der Waals surface area contributed by atoms with Crippen molar-refractivity contribution in [2.24, 2.45) is 0 Å². The molecule has 0 atom stereocenters. The Labute approximate surface area is 93.5 Å². The van der Waals surface area contributed by atoms with Crippen molar-refractivity contribution in [1.82, 2.24) is 0 Å². The molecule has 0 fully saturated rings. The first-order chi connectivity index (χ1) is 6.65. The standard InChI is InChI=1S/C9H13NS.C3H8/c1-10(2)9-5-3-8(7-11)4-6-9;1-3-2/h3-6,11H,7H2,1-2H3;3H2,1-2H3. The summed E-state index contributed by atoms with van der Waals surface area (Å²) in [5.41, 5.74) is 2.49. The molecule has 1 aromatic rings. The SMILES string of the molecule is CCC.CN(C)c1ccc(CS)cc1. The fraction of sp³-hybridized carbons (Fsp3) is 0.500. The van der Waals surface area contributed by atoms with Crippen molar-refractivity contribution in [2.75, 3.05) is 19.0 Å². The van der Waals surface area contributed by atoms with Gasteiger partial charge in [-0.15, -0.1) is 0 Å². The monoisotopic (exact) mass is 211 g/mol. The second-order valence-corrected chi connectivity index (χ2v) is 3.74. The number of hydrogen-bond donors (Lipinski definition) is 1. The van der Waals surface area contributed by atoms with E-state index in [1.165, 1.54) is 17.7 Å². The summed E-state index contributed by atoms with van der Waals surface area (Å²) in [5, 5.41) is 0. The molecule has 0 bridgehead atoms. The number of rotatable bonds is 2. The van der Waals surface area contributed by atoms with Crippen molar-refractivity contribution in [3.8, 4) is 0 Å². The highest BCUT2D eigenvalue weighted by Gasteiger charge is 1.93. The molecule has 0 heterocycles. The number of benzene rings is 1. The van der Waals surface area contributed by atoms with E-state index >= 15 is 0 Å². The molecule has 80 valence electrons. The van der Waals surface area contributed by atoms with Gasteiger partial charge < -0.3 is 4.90 Å². The second-order valence-electron chi connectivity index (χ2n) is 3.43. The Balaban J connectivity index is 0.000000500. The quantitative estimate of drug-likeness (QED) is 0.732. The zero-order valence-corrected chi connectivity index (χ0v) is 10.5. The Morgan fingerprint density at radius 3 is 1.79 bits per heavy atom. The maximum atomic E-state index is 4.18. The molecular formula is C12H21NS. The van der Waals surface area contributed by atoms with Crippen LogP contribution in [0.4, 0.5) is 5.69 Å². The van der Waals surface area contributed by atoms with Gasteiger partial charge in [-0.1, -0.05) is 32.4 Å². The van der Waals surface area contributed by atoms with E-state index in [4.69, 9.17) is 0 Å². The first-order valence-corrected chi connectivity index (χ1v) is 5.66. The van der Waals surface area contributed by atoms with Gasteiger partial charge in [-0.3, -0.25) is 0 Å². The largest absolute Gasteiger partial charge is 0.378 e. The van der Waals surface area contributed by atoms with Gasteiger partial charge in [-0.05, 0) is 17.7 Å². The Kier molecular flexibility index (Phi) is 7.40. The lowest BCUT2D eigenvalue weighted by atomic mass is 10.2. The molecule has 0 saturated heterocycles. The molecular weight excluding hydrogens is 190 g/mol. The van der Waals surface area contributed by atoms with Gasteiger partial charge in [0, 0.05) is 25.5 Å². The van der Waals surface area contributed by atoms with Gasteiger partial charge in [0.05, 0.1) is 0 Å². The molecule has 1 nitrogen and oxygen atoms in total. The molecule has 0 aliphatic heterocycles. The van der Waals surface area contributed by atoms with E-state index < -0.39 is 0 Å². The Morgan fingerprint density at radius 1 is 1.07 bits per heavy atom.